The van der Waals surface area contributed by atoms with Crippen molar-refractivity contribution in [2.45, 2.75) is 37.8 Å². The zero-order valence-corrected chi connectivity index (χ0v) is 28.1. The van der Waals surface area contributed by atoms with Crippen LogP contribution in [0.15, 0.2) is 60.7 Å². The summed E-state index contributed by atoms with van der Waals surface area (Å²) in [5.74, 6) is -6.91. The number of carbonyl (C=O) groups is 6. The number of nitrogens with two attached hydrogens (primary N) is 2. The van der Waals surface area contributed by atoms with E-state index < -0.39 is 59.3 Å². The minimum atomic E-state index is -1.52. The predicted octanol–water partition coefficient (Wildman–Crippen LogP) is -7.31. The van der Waals surface area contributed by atoms with Crippen LogP contribution in [0, 0.1) is 11.6 Å². The molecule has 16 heteroatoms. The Kier molecular flexibility index (Phi) is 22.4. The number of nitrogens with one attached hydrogen (secondary N) is 2. The summed E-state index contributed by atoms with van der Waals surface area (Å²) in [6, 6.07) is 8.90. The van der Waals surface area contributed by atoms with Crippen LogP contribution in [-0.4, -0.2) is 47.7 Å². The Hall–Kier alpha value is -3.40. The first-order chi connectivity index (χ1) is 19.8. The number of aliphatic carboxylic acids is 2. The van der Waals surface area contributed by atoms with Crippen LogP contribution in [0.1, 0.15) is 36.8 Å². The van der Waals surface area contributed by atoms with Gasteiger partial charge in [-0.1, -0.05) is 36.4 Å². The molecule has 0 unspecified atom stereocenters. The molecule has 0 aliphatic heterocycles. The molecule has 44 heavy (non-hydrogen) atoms. The summed E-state index contributed by atoms with van der Waals surface area (Å²) in [5.41, 5.74) is 10.2. The molecule has 0 bridgehead atoms. The van der Waals surface area contributed by atoms with E-state index in [2.05, 4.69) is 10.6 Å². The van der Waals surface area contributed by atoms with Crippen molar-refractivity contribution in [3.05, 3.63) is 83.4 Å². The van der Waals surface area contributed by atoms with Crippen LogP contribution >= 0.6 is 0 Å². The Bertz CT molecular complexity index is 1260. The van der Waals surface area contributed by atoms with Crippen molar-refractivity contribution in [1.82, 2.24) is 10.6 Å². The molecular weight excluding hydrogens is 604 g/mol. The molecule has 0 aliphatic carbocycles. The summed E-state index contributed by atoms with van der Waals surface area (Å²) in [4.78, 5) is 65.9. The van der Waals surface area contributed by atoms with Gasteiger partial charge in [-0.3, -0.25) is 19.2 Å². The van der Waals surface area contributed by atoms with Crippen molar-refractivity contribution >= 4 is 47.7 Å². The molecule has 224 valence electrons. The quantitative estimate of drug-likeness (QED) is 0.115. The standard InChI is InChI=1S/2C14H15FN2O4.2Na/c2*15-10-4-2-1-3-9(10)5-8-13(19)17-11(14(20)21)6-7-12(16)18;;/h2*1-5,8,11H,6-7H2,(H2,16,18)(H,17,19)(H,20,21);;/q;;2*+1/p-2/b2*8-5+;;/t2*11-;;/m00../s1. The Morgan fingerprint density at radius 1 is 0.659 bits per heavy atom. The summed E-state index contributed by atoms with van der Waals surface area (Å²) < 4.78 is 26.6. The summed E-state index contributed by atoms with van der Waals surface area (Å²) in [7, 11) is 0. The normalized spacial score (nSPS) is 11.5. The minimum absolute atomic E-state index is 0. The van der Waals surface area contributed by atoms with Crippen molar-refractivity contribution in [3.63, 3.8) is 0 Å². The van der Waals surface area contributed by atoms with Gasteiger partial charge in [0.1, 0.15) is 11.6 Å². The Labute approximate surface area is 295 Å². The van der Waals surface area contributed by atoms with Crippen LogP contribution in [0.4, 0.5) is 8.78 Å². The predicted molar refractivity (Wildman–Crippen MR) is 142 cm³/mol. The van der Waals surface area contributed by atoms with Gasteiger partial charge >= 0.3 is 59.1 Å². The molecular formula is C28H28F2N4Na2O8. The van der Waals surface area contributed by atoms with Gasteiger partial charge in [0.15, 0.2) is 0 Å². The largest absolute Gasteiger partial charge is 1.00 e. The van der Waals surface area contributed by atoms with E-state index in [-0.39, 0.29) is 95.9 Å². The fourth-order valence-corrected chi connectivity index (χ4v) is 3.06. The molecule has 0 saturated heterocycles. The number of primary amides is 2. The van der Waals surface area contributed by atoms with E-state index in [4.69, 9.17) is 11.5 Å². The van der Waals surface area contributed by atoms with E-state index in [1.165, 1.54) is 48.6 Å². The molecule has 0 fully saturated rings. The van der Waals surface area contributed by atoms with Crippen molar-refractivity contribution in [3.8, 4) is 0 Å². The van der Waals surface area contributed by atoms with E-state index in [9.17, 15) is 47.8 Å². The van der Waals surface area contributed by atoms with Crippen LogP contribution in [0.25, 0.3) is 12.2 Å². The Balaban J connectivity index is 0. The molecule has 6 N–H and O–H groups in total. The van der Waals surface area contributed by atoms with Crippen molar-refractivity contribution < 1.29 is 107 Å². The van der Waals surface area contributed by atoms with E-state index in [1.807, 2.05) is 0 Å². The molecule has 0 saturated carbocycles. The first-order valence-corrected chi connectivity index (χ1v) is 12.2. The summed E-state index contributed by atoms with van der Waals surface area (Å²) in [6.45, 7) is 0. The zero-order valence-electron chi connectivity index (χ0n) is 24.1. The number of halogens is 2. The summed E-state index contributed by atoms with van der Waals surface area (Å²) >= 11 is 0. The van der Waals surface area contributed by atoms with Gasteiger partial charge < -0.3 is 41.9 Å². The van der Waals surface area contributed by atoms with Crippen LogP contribution in [0.5, 0.6) is 0 Å². The van der Waals surface area contributed by atoms with Gasteiger partial charge in [-0.15, -0.1) is 0 Å². The van der Waals surface area contributed by atoms with Crippen LogP contribution in [-0.2, 0) is 28.8 Å². The number of amides is 4. The third-order valence-corrected chi connectivity index (χ3v) is 5.20. The molecule has 2 atom stereocenters. The maximum atomic E-state index is 13.3. The average Bonchev–Trinajstić information content (AvgIpc) is 2.92. The smallest absolute Gasteiger partial charge is 0.548 e. The number of benzene rings is 2. The third-order valence-electron chi connectivity index (χ3n) is 5.20. The van der Waals surface area contributed by atoms with Crippen molar-refractivity contribution in [2.24, 2.45) is 11.5 Å². The minimum Gasteiger partial charge on any atom is -0.548 e. The van der Waals surface area contributed by atoms with E-state index >= 15 is 0 Å². The van der Waals surface area contributed by atoms with Gasteiger partial charge in [0.25, 0.3) is 0 Å². The molecule has 0 aliphatic rings. The molecule has 12 nitrogen and oxygen atoms in total. The van der Waals surface area contributed by atoms with E-state index in [1.54, 1.807) is 12.1 Å². The number of carbonyl (C=O) groups excluding carboxylic acids is 6. The second-order valence-electron chi connectivity index (χ2n) is 8.48. The number of rotatable bonds is 14. The molecule has 2 aromatic carbocycles. The van der Waals surface area contributed by atoms with Gasteiger partial charge in [0.05, 0.1) is 24.0 Å². The average molecular weight is 633 g/mol. The number of carboxylic acid groups (broad SMARTS) is 2. The van der Waals surface area contributed by atoms with Crippen molar-refractivity contribution in [2.75, 3.05) is 0 Å². The number of hydrogen-bond donors (Lipinski definition) is 4. The van der Waals surface area contributed by atoms with E-state index in [0.717, 1.165) is 12.2 Å². The second-order valence-corrected chi connectivity index (χ2v) is 8.48. The van der Waals surface area contributed by atoms with Gasteiger partial charge in [-0.25, -0.2) is 8.78 Å². The summed E-state index contributed by atoms with van der Waals surface area (Å²) in [5, 5.41) is 25.9. The molecule has 4 amide bonds. The first-order valence-electron chi connectivity index (χ1n) is 12.2. The van der Waals surface area contributed by atoms with Crippen LogP contribution < -0.4 is 91.4 Å². The first kappa shape index (κ1) is 42.7. The number of hydrogen-bond acceptors (Lipinski definition) is 8. The zero-order chi connectivity index (χ0) is 31.7. The van der Waals surface area contributed by atoms with Gasteiger partial charge in [0, 0.05) is 36.1 Å². The van der Waals surface area contributed by atoms with Crippen molar-refractivity contribution in [1.29, 1.82) is 0 Å². The molecule has 0 heterocycles. The maximum Gasteiger partial charge on any atom is 1.00 e. The fraction of sp³-hybridized carbons (Fsp3) is 0.214. The topological polar surface area (TPSA) is 225 Å². The SMILES string of the molecule is NC(=O)CC[C@H](NC(=O)/C=C/c1ccccc1F)C(=O)[O-].NC(=O)CC[C@H](NC(=O)/C=C/c1ccccc1F)C(=O)[O-].[Na+].[Na+]. The Morgan fingerprint density at radius 3 is 1.25 bits per heavy atom. The molecule has 0 radical (unpaired) electrons. The second kappa shape index (κ2) is 23.0. The van der Waals surface area contributed by atoms with Gasteiger partial charge in [-0.05, 0) is 37.1 Å². The van der Waals surface area contributed by atoms with Gasteiger partial charge in [0.2, 0.25) is 23.6 Å². The van der Waals surface area contributed by atoms with Crippen LogP contribution in [0.3, 0.4) is 0 Å². The Morgan fingerprint density at radius 2 is 0.977 bits per heavy atom. The summed E-state index contributed by atoms with van der Waals surface area (Å²) in [6.07, 6.45) is 3.69. The molecule has 0 spiro atoms. The molecule has 2 aromatic rings. The molecule has 0 aromatic heterocycles. The number of carboxylic acids is 2. The fourth-order valence-electron chi connectivity index (χ4n) is 3.06. The van der Waals surface area contributed by atoms with E-state index in [0.29, 0.717) is 0 Å². The van der Waals surface area contributed by atoms with Crippen LogP contribution in [0.2, 0.25) is 0 Å². The third kappa shape index (κ3) is 18.3. The molecule has 2 rings (SSSR count). The van der Waals surface area contributed by atoms with Gasteiger partial charge in [-0.2, -0.15) is 0 Å². The monoisotopic (exact) mass is 632 g/mol. The maximum absolute atomic E-state index is 13.3.